The lowest BCUT2D eigenvalue weighted by Gasteiger charge is -2.05. The predicted molar refractivity (Wildman–Crippen MR) is 79.6 cm³/mol. The van der Waals surface area contributed by atoms with Crippen LogP contribution in [0.2, 0.25) is 10.0 Å². The number of benzene rings is 1. The van der Waals surface area contributed by atoms with Crippen LogP contribution in [0.4, 0.5) is 5.88 Å². The van der Waals surface area contributed by atoms with Crippen LogP contribution >= 0.6 is 23.2 Å². The third kappa shape index (κ3) is 2.13. The first-order valence-corrected chi connectivity index (χ1v) is 6.55. The summed E-state index contributed by atoms with van der Waals surface area (Å²) in [6, 6.07) is 10.8. The molecule has 0 bridgehead atoms. The number of hydrogen-bond acceptors (Lipinski definition) is 4. The first kappa shape index (κ1) is 13.0. The number of aromatic nitrogens is 2. The van der Waals surface area contributed by atoms with Crippen molar-refractivity contribution in [3.8, 4) is 22.5 Å². The lowest BCUT2D eigenvalue weighted by molar-refractivity contribution is 0.439. The second kappa shape index (κ2) is 5.15. The Bertz CT molecular complexity index is 756. The maximum Gasteiger partial charge on any atom is 0.232 e. The molecule has 1 aromatic carbocycles. The second-order valence-corrected chi connectivity index (χ2v) is 4.87. The summed E-state index contributed by atoms with van der Waals surface area (Å²) in [5.74, 6) is 0.190. The average Bonchev–Trinajstić information content (AvgIpc) is 2.84. The van der Waals surface area contributed by atoms with Gasteiger partial charge in [-0.15, -0.1) is 0 Å². The third-order valence-electron chi connectivity index (χ3n) is 2.85. The number of nitrogens with zero attached hydrogens (tertiary/aromatic N) is 2. The fourth-order valence-electron chi connectivity index (χ4n) is 1.93. The van der Waals surface area contributed by atoms with E-state index in [1.807, 2.05) is 18.2 Å². The molecule has 0 aliphatic heterocycles. The minimum atomic E-state index is 0.190. The van der Waals surface area contributed by atoms with E-state index in [1.54, 1.807) is 24.4 Å². The summed E-state index contributed by atoms with van der Waals surface area (Å²) in [4.78, 5) is 4.26. The van der Waals surface area contributed by atoms with Crippen LogP contribution in [0, 0.1) is 0 Å². The van der Waals surface area contributed by atoms with Crippen molar-refractivity contribution >= 4 is 29.1 Å². The topological polar surface area (TPSA) is 64.9 Å². The molecular weight excluding hydrogens is 297 g/mol. The van der Waals surface area contributed by atoms with Gasteiger partial charge in [0.15, 0.2) is 0 Å². The summed E-state index contributed by atoms with van der Waals surface area (Å²) in [7, 11) is 0. The van der Waals surface area contributed by atoms with E-state index in [4.69, 9.17) is 33.5 Å². The molecule has 0 saturated heterocycles. The molecule has 0 unspecified atom stereocenters. The monoisotopic (exact) mass is 305 g/mol. The van der Waals surface area contributed by atoms with E-state index in [0.717, 1.165) is 0 Å². The summed E-state index contributed by atoms with van der Waals surface area (Å²) in [6.07, 6.45) is 1.67. The van der Waals surface area contributed by atoms with Crippen LogP contribution in [0.5, 0.6) is 0 Å². The average molecular weight is 306 g/mol. The number of rotatable bonds is 2. The molecule has 0 radical (unpaired) electrons. The molecule has 0 fully saturated rings. The van der Waals surface area contributed by atoms with Gasteiger partial charge in [-0.2, -0.15) is 0 Å². The Kier molecular flexibility index (Phi) is 3.34. The number of pyridine rings is 1. The summed E-state index contributed by atoms with van der Waals surface area (Å²) >= 11 is 12.3. The van der Waals surface area contributed by atoms with Gasteiger partial charge in [0.25, 0.3) is 0 Å². The normalized spacial score (nSPS) is 10.7. The van der Waals surface area contributed by atoms with Gasteiger partial charge >= 0.3 is 0 Å². The van der Waals surface area contributed by atoms with Crippen molar-refractivity contribution in [2.24, 2.45) is 0 Å². The smallest absolute Gasteiger partial charge is 0.232 e. The Morgan fingerprint density at radius 2 is 1.90 bits per heavy atom. The minimum Gasteiger partial charge on any atom is -0.367 e. The molecule has 4 nitrogen and oxygen atoms in total. The van der Waals surface area contributed by atoms with Crippen LogP contribution in [-0.2, 0) is 0 Å². The largest absolute Gasteiger partial charge is 0.367 e. The Hall–Kier alpha value is -2.04. The van der Waals surface area contributed by atoms with Crippen LogP contribution in [0.25, 0.3) is 22.5 Å². The lowest BCUT2D eigenvalue weighted by Crippen LogP contribution is -1.90. The molecule has 3 aromatic rings. The van der Waals surface area contributed by atoms with Crippen molar-refractivity contribution in [2.75, 3.05) is 5.73 Å². The zero-order chi connectivity index (χ0) is 14.1. The van der Waals surface area contributed by atoms with E-state index in [2.05, 4.69) is 10.1 Å². The number of nitrogens with two attached hydrogens (primary N) is 1. The van der Waals surface area contributed by atoms with Gasteiger partial charge in [0.05, 0.1) is 21.3 Å². The summed E-state index contributed by atoms with van der Waals surface area (Å²) in [5, 5.41) is 4.83. The molecule has 0 spiro atoms. The van der Waals surface area contributed by atoms with Crippen molar-refractivity contribution in [2.45, 2.75) is 0 Å². The number of anilines is 1. The van der Waals surface area contributed by atoms with E-state index in [1.165, 1.54) is 0 Å². The Labute approximate surface area is 125 Å². The van der Waals surface area contributed by atoms with Crippen molar-refractivity contribution in [1.82, 2.24) is 10.1 Å². The molecule has 0 aliphatic carbocycles. The van der Waals surface area contributed by atoms with Crippen molar-refractivity contribution in [3.05, 3.63) is 52.6 Å². The zero-order valence-corrected chi connectivity index (χ0v) is 11.7. The quantitative estimate of drug-likeness (QED) is 0.767. The van der Waals surface area contributed by atoms with Gasteiger partial charge in [0, 0.05) is 11.8 Å². The molecule has 20 heavy (non-hydrogen) atoms. The highest BCUT2D eigenvalue weighted by atomic mass is 35.5. The first-order valence-electron chi connectivity index (χ1n) is 5.79. The predicted octanol–water partition coefficient (Wildman–Crippen LogP) is 4.29. The van der Waals surface area contributed by atoms with E-state index >= 15 is 0 Å². The van der Waals surface area contributed by atoms with Crippen LogP contribution < -0.4 is 5.73 Å². The van der Waals surface area contributed by atoms with E-state index in [9.17, 15) is 0 Å². The molecule has 0 atom stereocenters. The Morgan fingerprint density at radius 1 is 1.05 bits per heavy atom. The number of hydrogen-bond donors (Lipinski definition) is 1. The molecular formula is C14H9Cl2N3O. The van der Waals surface area contributed by atoms with E-state index < -0.39 is 0 Å². The molecule has 2 N–H and O–H groups in total. The van der Waals surface area contributed by atoms with Gasteiger partial charge < -0.3 is 10.3 Å². The van der Waals surface area contributed by atoms with Gasteiger partial charge in [0.1, 0.15) is 5.69 Å². The van der Waals surface area contributed by atoms with Gasteiger partial charge in [0.2, 0.25) is 5.88 Å². The van der Waals surface area contributed by atoms with E-state index in [0.29, 0.717) is 32.6 Å². The third-order valence-corrected chi connectivity index (χ3v) is 3.67. The zero-order valence-electron chi connectivity index (χ0n) is 10.2. The van der Waals surface area contributed by atoms with Gasteiger partial charge in [-0.25, -0.2) is 0 Å². The Balaban J connectivity index is 2.24. The summed E-state index contributed by atoms with van der Waals surface area (Å²) < 4.78 is 5.09. The van der Waals surface area contributed by atoms with E-state index in [-0.39, 0.29) is 5.88 Å². The van der Waals surface area contributed by atoms with Gasteiger partial charge in [-0.1, -0.05) is 46.6 Å². The molecule has 0 aliphatic rings. The van der Waals surface area contributed by atoms with Gasteiger partial charge in [-0.3, -0.25) is 4.98 Å². The number of halogens is 2. The molecule has 0 amide bonds. The highest BCUT2D eigenvalue weighted by Gasteiger charge is 2.20. The van der Waals surface area contributed by atoms with Crippen LogP contribution in [-0.4, -0.2) is 10.1 Å². The molecule has 100 valence electrons. The molecule has 0 saturated carbocycles. The van der Waals surface area contributed by atoms with Crippen molar-refractivity contribution < 1.29 is 4.52 Å². The molecule has 3 rings (SSSR count). The SMILES string of the molecule is Nc1onc(-c2cccc(Cl)c2Cl)c1-c1ccccn1. The fourth-order valence-corrected chi connectivity index (χ4v) is 2.32. The second-order valence-electron chi connectivity index (χ2n) is 4.09. The minimum absolute atomic E-state index is 0.190. The van der Waals surface area contributed by atoms with Crippen LogP contribution in [0.1, 0.15) is 0 Å². The highest BCUT2D eigenvalue weighted by Crippen LogP contribution is 2.40. The summed E-state index contributed by atoms with van der Waals surface area (Å²) in [5.41, 5.74) is 8.30. The van der Waals surface area contributed by atoms with Crippen LogP contribution in [0.3, 0.4) is 0 Å². The summed E-state index contributed by atoms with van der Waals surface area (Å²) in [6.45, 7) is 0. The molecule has 2 heterocycles. The number of nitrogen functional groups attached to an aromatic ring is 1. The molecule has 6 heteroatoms. The maximum absolute atomic E-state index is 6.22. The van der Waals surface area contributed by atoms with Crippen molar-refractivity contribution in [1.29, 1.82) is 0 Å². The van der Waals surface area contributed by atoms with Crippen LogP contribution in [0.15, 0.2) is 47.1 Å². The van der Waals surface area contributed by atoms with Crippen molar-refractivity contribution in [3.63, 3.8) is 0 Å². The first-order chi connectivity index (χ1) is 9.68. The highest BCUT2D eigenvalue weighted by molar-refractivity contribution is 6.43. The standard InChI is InChI=1S/C14H9Cl2N3O/c15-9-5-3-4-8(12(9)16)13-11(14(17)20-19-13)10-6-1-2-7-18-10/h1-7H,17H2. The molecule has 2 aromatic heterocycles. The van der Waals surface area contributed by atoms with Gasteiger partial charge in [-0.05, 0) is 18.2 Å². The maximum atomic E-state index is 6.22. The fraction of sp³-hybridized carbons (Fsp3) is 0. The lowest BCUT2D eigenvalue weighted by atomic mass is 10.0. The Morgan fingerprint density at radius 3 is 2.65 bits per heavy atom.